The highest BCUT2D eigenvalue weighted by Gasteiger charge is 2.45. The highest BCUT2D eigenvalue weighted by molar-refractivity contribution is 7.98. The maximum atomic E-state index is 12.8. The van der Waals surface area contributed by atoms with Crippen LogP contribution in [0.1, 0.15) is 18.8 Å². The van der Waals surface area contributed by atoms with Gasteiger partial charge >= 0.3 is 17.4 Å². The molecule has 130 valence electrons. The maximum absolute atomic E-state index is 12.8. The van der Waals surface area contributed by atoms with Crippen molar-refractivity contribution in [3.8, 4) is 11.3 Å². The van der Waals surface area contributed by atoms with E-state index in [0.29, 0.717) is 27.8 Å². The molecule has 3 heterocycles. The van der Waals surface area contributed by atoms with Crippen molar-refractivity contribution < 1.29 is 9.48 Å². The Morgan fingerprint density at radius 1 is 1.23 bits per heavy atom. The zero-order valence-corrected chi connectivity index (χ0v) is 15.0. The third-order valence-corrected chi connectivity index (χ3v) is 4.81. The summed E-state index contributed by atoms with van der Waals surface area (Å²) in [6, 6.07) is 12.8. The Morgan fingerprint density at radius 2 is 2.00 bits per heavy atom. The van der Waals surface area contributed by atoms with Crippen LogP contribution in [0.3, 0.4) is 0 Å². The van der Waals surface area contributed by atoms with Gasteiger partial charge in [0.2, 0.25) is 11.1 Å². The zero-order valence-electron chi connectivity index (χ0n) is 14.2. The first-order chi connectivity index (χ1) is 12.6. The molecular weight excluding hydrogens is 350 g/mol. The number of pyridine rings is 1. The summed E-state index contributed by atoms with van der Waals surface area (Å²) in [5.74, 6) is -0.154. The van der Waals surface area contributed by atoms with Gasteiger partial charge < -0.3 is 0 Å². The number of fused-ring (bicyclic) bond motifs is 3. The minimum absolute atomic E-state index is 0.154. The third-order valence-electron chi connectivity index (χ3n) is 4.24. The molecule has 7 nitrogen and oxygen atoms in total. The molecular formula is C18H16N5O2S+. The Bertz CT molecular complexity index is 1050. The van der Waals surface area contributed by atoms with E-state index in [1.165, 1.54) is 18.7 Å². The third kappa shape index (κ3) is 2.50. The van der Waals surface area contributed by atoms with Gasteiger partial charge in [-0.05, 0) is 35.2 Å². The van der Waals surface area contributed by atoms with E-state index in [1.807, 2.05) is 48.7 Å². The van der Waals surface area contributed by atoms with E-state index in [0.717, 1.165) is 0 Å². The Labute approximate surface area is 153 Å². The van der Waals surface area contributed by atoms with E-state index in [1.54, 1.807) is 15.8 Å². The number of hydrogen-bond donors (Lipinski definition) is 1. The lowest BCUT2D eigenvalue weighted by Crippen LogP contribution is -2.60. The van der Waals surface area contributed by atoms with E-state index in [2.05, 4.69) is 15.1 Å². The van der Waals surface area contributed by atoms with Gasteiger partial charge in [-0.1, -0.05) is 30.0 Å². The summed E-state index contributed by atoms with van der Waals surface area (Å²) in [6.07, 6.45) is 2.86. The molecule has 1 amide bonds. The topological polar surface area (TPSA) is 82.8 Å². The van der Waals surface area contributed by atoms with Gasteiger partial charge in [-0.2, -0.15) is 0 Å². The summed E-state index contributed by atoms with van der Waals surface area (Å²) >= 11 is 1.33. The van der Waals surface area contributed by atoms with E-state index < -0.39 is 6.17 Å². The van der Waals surface area contributed by atoms with Crippen LogP contribution in [0.5, 0.6) is 0 Å². The number of carbonyl (C=O) groups excluding carboxylic acids is 1. The van der Waals surface area contributed by atoms with Crippen LogP contribution >= 0.6 is 11.8 Å². The first-order valence-electron chi connectivity index (χ1n) is 8.02. The number of hydrogen-bond acceptors (Lipinski definition) is 5. The van der Waals surface area contributed by atoms with Gasteiger partial charge in [0.05, 0.1) is 11.3 Å². The molecule has 0 saturated heterocycles. The van der Waals surface area contributed by atoms with Crippen LogP contribution in [0.2, 0.25) is 0 Å². The number of amides is 1. The summed E-state index contributed by atoms with van der Waals surface area (Å²) in [5.41, 5.74) is 2.12. The number of H-pyrrole nitrogens is 1. The molecule has 0 aliphatic carbocycles. The lowest BCUT2D eigenvalue weighted by Gasteiger charge is -2.30. The number of benzene rings is 1. The van der Waals surface area contributed by atoms with E-state index in [-0.39, 0.29) is 11.5 Å². The van der Waals surface area contributed by atoms with Crippen LogP contribution in [-0.2, 0) is 4.79 Å². The molecule has 8 heteroatoms. The smallest absolute Gasteiger partial charge is 0.291 e. The maximum Gasteiger partial charge on any atom is 0.325 e. The second-order valence-electron chi connectivity index (χ2n) is 5.79. The summed E-state index contributed by atoms with van der Waals surface area (Å²) in [5, 5.41) is 5.05. The lowest BCUT2D eigenvalue weighted by molar-refractivity contribution is -0.763. The van der Waals surface area contributed by atoms with Crippen LogP contribution in [0, 0.1) is 0 Å². The largest absolute Gasteiger partial charge is 0.325 e. The number of aromatic amines is 1. The molecule has 2 aromatic heterocycles. The normalized spacial score (nSPS) is 15.3. The summed E-state index contributed by atoms with van der Waals surface area (Å²) in [6.45, 7) is 1.50. The molecule has 26 heavy (non-hydrogen) atoms. The van der Waals surface area contributed by atoms with E-state index >= 15 is 0 Å². The van der Waals surface area contributed by atoms with Crippen molar-refractivity contribution in [1.29, 1.82) is 0 Å². The van der Waals surface area contributed by atoms with Crippen LogP contribution in [0.4, 0.5) is 5.69 Å². The number of nitrogens with one attached hydrogen (secondary N) is 1. The van der Waals surface area contributed by atoms with Crippen LogP contribution < -0.4 is 15.1 Å². The van der Waals surface area contributed by atoms with Crippen molar-refractivity contribution in [3.63, 3.8) is 0 Å². The van der Waals surface area contributed by atoms with Gasteiger partial charge in [0.1, 0.15) is 5.69 Å². The van der Waals surface area contributed by atoms with E-state index in [9.17, 15) is 9.59 Å². The van der Waals surface area contributed by atoms with E-state index in [4.69, 9.17) is 0 Å². The SMILES string of the molecule is CSc1n[n+]2c(c(=O)[nH]1)-c1ccccc1N(C(C)=O)[C@@H]2c1ccccn1. The average molecular weight is 366 g/mol. The number of carbonyl (C=O) groups is 1. The molecule has 0 saturated carbocycles. The predicted molar refractivity (Wildman–Crippen MR) is 97.8 cm³/mol. The Morgan fingerprint density at radius 3 is 2.69 bits per heavy atom. The molecule has 0 unspecified atom stereocenters. The Balaban J connectivity index is 2.10. The molecule has 0 radical (unpaired) electrons. The lowest BCUT2D eigenvalue weighted by atomic mass is 10.0. The quantitative estimate of drug-likeness (QED) is 0.552. The first kappa shape index (κ1) is 16.5. The number of anilines is 1. The molecule has 1 aliphatic heterocycles. The molecule has 1 atom stereocenters. The fourth-order valence-corrected chi connectivity index (χ4v) is 3.57. The average Bonchev–Trinajstić information content (AvgIpc) is 2.66. The number of thioether (sulfide) groups is 1. The molecule has 0 spiro atoms. The van der Waals surface area contributed by atoms with Gasteiger partial charge in [0.15, 0.2) is 0 Å². The molecule has 1 aromatic carbocycles. The van der Waals surface area contributed by atoms with Crippen molar-refractivity contribution >= 4 is 23.4 Å². The van der Waals surface area contributed by atoms with Crippen molar-refractivity contribution in [1.82, 2.24) is 15.1 Å². The monoisotopic (exact) mass is 366 g/mol. The van der Waals surface area contributed by atoms with Crippen molar-refractivity contribution in [2.45, 2.75) is 18.2 Å². The van der Waals surface area contributed by atoms with Gasteiger partial charge in [-0.3, -0.25) is 19.6 Å². The zero-order chi connectivity index (χ0) is 18.3. The molecule has 1 aliphatic rings. The summed E-state index contributed by atoms with van der Waals surface area (Å²) in [7, 11) is 0. The second-order valence-corrected chi connectivity index (χ2v) is 6.59. The van der Waals surface area contributed by atoms with Crippen LogP contribution in [-0.4, -0.2) is 27.2 Å². The Kier molecular flexibility index (Phi) is 4.04. The molecule has 3 aromatic rings. The Hall–Kier alpha value is -3.00. The van der Waals surface area contributed by atoms with Gasteiger partial charge in [-0.25, -0.2) is 4.90 Å². The first-order valence-corrected chi connectivity index (χ1v) is 9.24. The van der Waals surface area contributed by atoms with Gasteiger partial charge in [0.25, 0.3) is 0 Å². The van der Waals surface area contributed by atoms with Crippen molar-refractivity contribution in [2.75, 3.05) is 11.2 Å². The van der Waals surface area contributed by atoms with Crippen molar-refractivity contribution in [3.05, 3.63) is 64.7 Å². The number of aromatic nitrogens is 4. The van der Waals surface area contributed by atoms with Gasteiger partial charge in [-0.15, -0.1) is 0 Å². The molecule has 0 fully saturated rings. The highest BCUT2D eigenvalue weighted by Crippen LogP contribution is 2.36. The molecule has 1 N–H and O–H groups in total. The predicted octanol–water partition coefficient (Wildman–Crippen LogP) is 1.75. The molecule has 0 bridgehead atoms. The van der Waals surface area contributed by atoms with Crippen LogP contribution in [0.25, 0.3) is 11.3 Å². The standard InChI is InChI=1S/C18H15N5O2S/c1-11(24)22-14-9-4-3-7-12(14)15-16(25)20-18(26-2)21-23(15)17(22)13-8-5-6-10-19-13/h3-10,17H,1-2H3/p+1/t17-/m0/s1. The number of para-hydroxylation sites is 1. The fourth-order valence-electron chi connectivity index (χ4n) is 3.20. The van der Waals surface area contributed by atoms with Gasteiger partial charge in [0, 0.05) is 18.2 Å². The second kappa shape index (κ2) is 6.38. The highest BCUT2D eigenvalue weighted by atomic mass is 32.2. The number of nitrogens with zero attached hydrogens (tertiary/aromatic N) is 4. The minimum atomic E-state index is -0.633. The fraction of sp³-hybridized carbons (Fsp3) is 0.167. The summed E-state index contributed by atoms with van der Waals surface area (Å²) < 4.78 is 1.59. The summed E-state index contributed by atoms with van der Waals surface area (Å²) in [4.78, 5) is 34.2. The van der Waals surface area contributed by atoms with Crippen molar-refractivity contribution in [2.24, 2.45) is 0 Å². The minimum Gasteiger partial charge on any atom is -0.291 e. The molecule has 4 rings (SSSR count). The van der Waals surface area contributed by atoms with Crippen LogP contribution in [0.15, 0.2) is 58.6 Å². The number of rotatable bonds is 2.